The molecule has 0 saturated heterocycles. The second kappa shape index (κ2) is 13.4. The van der Waals surface area contributed by atoms with Gasteiger partial charge in [0.1, 0.15) is 0 Å². The highest BCUT2D eigenvalue weighted by atomic mass is 15.0. The molecule has 0 amide bonds. The van der Waals surface area contributed by atoms with Gasteiger partial charge in [0.05, 0.1) is 16.6 Å². The summed E-state index contributed by atoms with van der Waals surface area (Å²) in [6.07, 6.45) is 22.6. The van der Waals surface area contributed by atoms with Crippen LogP contribution in [0.4, 0.5) is 0 Å². The summed E-state index contributed by atoms with van der Waals surface area (Å²) in [4.78, 5) is 3.52. The molecule has 0 aliphatic heterocycles. The molecule has 2 aromatic heterocycles. The molecule has 0 bridgehead atoms. The van der Waals surface area contributed by atoms with Crippen LogP contribution in [-0.4, -0.2) is 9.55 Å². The van der Waals surface area contributed by atoms with Crippen LogP contribution in [0.25, 0.3) is 101 Å². The van der Waals surface area contributed by atoms with E-state index >= 15 is 0 Å². The molecule has 7 aromatic carbocycles. The number of rotatable bonds is 5. The maximum atomic E-state index is 3.52. The molecule has 0 atom stereocenters. The molecule has 3 aliphatic rings. The Morgan fingerprint density at radius 1 is 0.431 bits per heavy atom. The van der Waals surface area contributed by atoms with Crippen molar-refractivity contribution in [3.05, 3.63) is 191 Å². The van der Waals surface area contributed by atoms with Crippen molar-refractivity contribution in [1.29, 1.82) is 0 Å². The zero-order valence-electron chi connectivity index (χ0n) is 32.4. The van der Waals surface area contributed by atoms with E-state index in [0.717, 1.165) is 38.5 Å². The van der Waals surface area contributed by atoms with Crippen LogP contribution in [0.2, 0.25) is 0 Å². The average Bonchev–Trinajstić information content (AvgIpc) is 3.89. The highest BCUT2D eigenvalue weighted by Gasteiger charge is 2.24. The Bertz CT molecular complexity index is 3200. The van der Waals surface area contributed by atoms with Crippen molar-refractivity contribution in [3.63, 3.8) is 0 Å². The fraction of sp³-hybridized carbons (Fsp3) is 0.107. The Kier molecular flexibility index (Phi) is 7.66. The summed E-state index contributed by atoms with van der Waals surface area (Å²) in [5.41, 5.74) is 23.6. The third kappa shape index (κ3) is 5.32. The minimum absolute atomic E-state index is 1.04. The van der Waals surface area contributed by atoms with Crippen molar-refractivity contribution in [2.45, 2.75) is 38.5 Å². The number of H-pyrrole nitrogens is 1. The van der Waals surface area contributed by atoms with Crippen LogP contribution in [0.1, 0.15) is 52.6 Å². The number of nitrogens with zero attached hydrogens (tertiary/aromatic N) is 1. The van der Waals surface area contributed by atoms with E-state index in [1.807, 2.05) is 6.20 Å². The molecule has 2 heterocycles. The summed E-state index contributed by atoms with van der Waals surface area (Å²) in [7, 11) is 0. The number of aromatic nitrogens is 2. The van der Waals surface area contributed by atoms with Gasteiger partial charge in [-0.2, -0.15) is 0 Å². The number of nitrogens with one attached hydrogen (secondary N) is 1. The van der Waals surface area contributed by atoms with Crippen LogP contribution >= 0.6 is 0 Å². The molecule has 58 heavy (non-hydrogen) atoms. The first-order valence-electron chi connectivity index (χ1n) is 20.9. The van der Waals surface area contributed by atoms with Gasteiger partial charge in [-0.05, 0) is 170 Å². The minimum Gasteiger partial charge on any atom is -0.359 e. The molecule has 3 aliphatic carbocycles. The molecule has 0 spiro atoms. The van der Waals surface area contributed by atoms with Crippen LogP contribution in [0, 0.1) is 0 Å². The maximum Gasteiger partial charge on any atom is 0.0720 e. The molecule has 2 nitrogen and oxygen atoms in total. The predicted molar refractivity (Wildman–Crippen MR) is 246 cm³/mol. The van der Waals surface area contributed by atoms with Crippen LogP contribution in [0.5, 0.6) is 0 Å². The fourth-order valence-corrected chi connectivity index (χ4v) is 10.1. The number of para-hydroxylation sites is 1. The Morgan fingerprint density at radius 3 is 1.95 bits per heavy atom. The molecule has 0 radical (unpaired) electrons. The van der Waals surface area contributed by atoms with E-state index in [2.05, 4.69) is 179 Å². The van der Waals surface area contributed by atoms with Gasteiger partial charge in [0.25, 0.3) is 0 Å². The number of aryl methyl sites for hydroxylation is 2. The fourth-order valence-electron chi connectivity index (χ4n) is 10.1. The van der Waals surface area contributed by atoms with Gasteiger partial charge >= 0.3 is 0 Å². The Labute approximate surface area is 339 Å². The minimum atomic E-state index is 1.04. The van der Waals surface area contributed by atoms with Crippen LogP contribution in [0.15, 0.2) is 158 Å². The lowest BCUT2D eigenvalue weighted by Gasteiger charge is -2.25. The second-order valence-electron chi connectivity index (χ2n) is 16.3. The number of hydrogen-bond donors (Lipinski definition) is 1. The predicted octanol–water partition coefficient (Wildman–Crippen LogP) is 14.8. The van der Waals surface area contributed by atoms with Crippen LogP contribution in [0.3, 0.4) is 0 Å². The third-order valence-corrected chi connectivity index (χ3v) is 13.0. The molecule has 9 aromatic rings. The van der Waals surface area contributed by atoms with Gasteiger partial charge in [0.15, 0.2) is 0 Å². The SMILES string of the molecule is C1=Cc2cc(-c3c4c(c(-c5ccc6c(c5)CCC=C6)c5ccc(-c6ccc(-c7ccc8c(c7)c7[nH]ccc7n8-c7ccccc7)cc6)cc35)C=CCC4)ccc2CC1. The van der Waals surface area contributed by atoms with Gasteiger partial charge in [-0.25, -0.2) is 0 Å². The molecular weight excluding hydrogens is 701 g/mol. The molecule has 0 saturated carbocycles. The number of benzene rings is 7. The monoisotopic (exact) mass is 742 g/mol. The number of hydrogen-bond acceptors (Lipinski definition) is 0. The number of allylic oxidation sites excluding steroid dienone is 3. The normalized spacial score (nSPS) is 14.3. The standard InChI is InChI=1S/C56H42N2/c1-2-14-46(15-3-1)58-52-29-27-43(35-51(52)56-53(58)30-31-57-56)39-20-18-38(19-21-39)42-26-28-49-50(34-42)55(45-25-23-37-11-5-7-13-41(37)33-45)48-17-9-8-16-47(48)54(49)44-24-22-36-10-4-6-12-40(36)32-44/h1-4,7-8,10,13-16,18-35,57H,5-6,9,11-12,17H2. The van der Waals surface area contributed by atoms with Crippen molar-refractivity contribution >= 4 is 50.9 Å². The lowest BCUT2D eigenvalue weighted by Crippen LogP contribution is -2.04. The first kappa shape index (κ1) is 33.3. The second-order valence-corrected chi connectivity index (χ2v) is 16.3. The third-order valence-electron chi connectivity index (χ3n) is 13.0. The first-order chi connectivity index (χ1) is 28.7. The molecule has 12 rings (SSSR count). The summed E-state index contributed by atoms with van der Waals surface area (Å²) in [5.74, 6) is 0. The van der Waals surface area contributed by atoms with Crippen molar-refractivity contribution in [2.75, 3.05) is 0 Å². The summed E-state index contributed by atoms with van der Waals surface area (Å²) < 4.78 is 2.35. The molecule has 276 valence electrons. The maximum absolute atomic E-state index is 3.52. The number of fused-ring (bicyclic) bond motifs is 7. The van der Waals surface area contributed by atoms with Gasteiger partial charge in [-0.3, -0.25) is 0 Å². The summed E-state index contributed by atoms with van der Waals surface area (Å²) >= 11 is 0. The highest BCUT2D eigenvalue weighted by molar-refractivity contribution is 6.12. The van der Waals surface area contributed by atoms with E-state index in [1.54, 1.807) is 0 Å². The first-order valence-corrected chi connectivity index (χ1v) is 20.9. The Hall–Kier alpha value is -6.90. The van der Waals surface area contributed by atoms with Gasteiger partial charge < -0.3 is 9.55 Å². The lowest BCUT2D eigenvalue weighted by molar-refractivity contribution is 0.982. The van der Waals surface area contributed by atoms with Crippen molar-refractivity contribution in [2.24, 2.45) is 0 Å². The zero-order valence-corrected chi connectivity index (χ0v) is 32.4. The van der Waals surface area contributed by atoms with Crippen molar-refractivity contribution in [1.82, 2.24) is 9.55 Å². The molecular formula is C56H42N2. The summed E-state index contributed by atoms with van der Waals surface area (Å²) in [6.45, 7) is 0. The van der Waals surface area contributed by atoms with Gasteiger partial charge in [-0.15, -0.1) is 0 Å². The van der Waals surface area contributed by atoms with E-state index in [0.29, 0.717) is 0 Å². The summed E-state index contributed by atoms with van der Waals surface area (Å²) in [5, 5.41) is 3.90. The Morgan fingerprint density at radius 2 is 1.10 bits per heavy atom. The van der Waals surface area contributed by atoms with Crippen LogP contribution in [-0.2, 0) is 19.3 Å². The molecule has 2 heteroatoms. The highest BCUT2D eigenvalue weighted by Crippen LogP contribution is 2.47. The van der Waals surface area contributed by atoms with Crippen molar-refractivity contribution in [3.8, 4) is 50.2 Å². The van der Waals surface area contributed by atoms with E-state index in [9.17, 15) is 0 Å². The Balaban J connectivity index is 1.00. The molecule has 1 N–H and O–H groups in total. The van der Waals surface area contributed by atoms with E-state index in [-0.39, 0.29) is 0 Å². The van der Waals surface area contributed by atoms with Gasteiger partial charge in [0.2, 0.25) is 0 Å². The van der Waals surface area contributed by atoms with Gasteiger partial charge in [0, 0.05) is 17.3 Å². The topological polar surface area (TPSA) is 20.7 Å². The van der Waals surface area contributed by atoms with Gasteiger partial charge in [-0.1, -0.05) is 127 Å². The average molecular weight is 743 g/mol. The van der Waals surface area contributed by atoms with E-state index in [1.165, 1.54) is 116 Å². The quantitative estimate of drug-likeness (QED) is 0.181. The van der Waals surface area contributed by atoms with E-state index in [4.69, 9.17) is 0 Å². The lowest BCUT2D eigenvalue weighted by atomic mass is 9.78. The van der Waals surface area contributed by atoms with Crippen LogP contribution < -0.4 is 0 Å². The van der Waals surface area contributed by atoms with E-state index < -0.39 is 0 Å². The van der Waals surface area contributed by atoms with Crippen molar-refractivity contribution < 1.29 is 0 Å². The summed E-state index contributed by atoms with van der Waals surface area (Å²) in [6, 6.07) is 50.5. The molecule has 0 unspecified atom stereocenters. The number of aromatic amines is 1. The zero-order chi connectivity index (χ0) is 38.2. The smallest absolute Gasteiger partial charge is 0.0720 e. The molecule has 0 fully saturated rings. The largest absolute Gasteiger partial charge is 0.359 e.